The zero-order valence-corrected chi connectivity index (χ0v) is 15.4. The average molecular weight is 363 g/mol. The summed E-state index contributed by atoms with van der Waals surface area (Å²) in [4.78, 5) is 28.8. The molecule has 5 nitrogen and oxygen atoms in total. The van der Waals surface area contributed by atoms with E-state index in [0.29, 0.717) is 19.0 Å². The van der Waals surface area contributed by atoms with Crippen molar-refractivity contribution < 1.29 is 9.59 Å². The summed E-state index contributed by atoms with van der Waals surface area (Å²) in [5.41, 5.74) is 3.31. The molecular weight excluding hydrogens is 338 g/mol. The summed E-state index contributed by atoms with van der Waals surface area (Å²) in [6, 6.07) is 18.6. The van der Waals surface area contributed by atoms with Crippen molar-refractivity contribution in [1.82, 2.24) is 10.2 Å². The first-order chi connectivity index (χ1) is 13.2. The van der Waals surface area contributed by atoms with Crippen molar-refractivity contribution in [2.45, 2.75) is 31.8 Å². The molecule has 1 saturated heterocycles. The van der Waals surface area contributed by atoms with Crippen molar-refractivity contribution >= 4 is 17.5 Å². The summed E-state index contributed by atoms with van der Waals surface area (Å²) < 4.78 is 0. The van der Waals surface area contributed by atoms with E-state index in [4.69, 9.17) is 0 Å². The summed E-state index contributed by atoms with van der Waals surface area (Å²) in [5, 5.41) is 3.02. The van der Waals surface area contributed by atoms with Crippen LogP contribution in [0.2, 0.25) is 0 Å². The monoisotopic (exact) mass is 363 g/mol. The molecule has 4 rings (SSSR count). The van der Waals surface area contributed by atoms with Crippen molar-refractivity contribution in [2.24, 2.45) is 0 Å². The zero-order chi connectivity index (χ0) is 18.6. The Kier molecular flexibility index (Phi) is 5.21. The Balaban J connectivity index is 1.29. The minimum Gasteiger partial charge on any atom is -0.353 e. The van der Waals surface area contributed by atoms with Crippen LogP contribution in [0.3, 0.4) is 0 Å². The van der Waals surface area contributed by atoms with E-state index in [2.05, 4.69) is 34.5 Å². The van der Waals surface area contributed by atoms with Gasteiger partial charge in [0.25, 0.3) is 0 Å². The van der Waals surface area contributed by atoms with E-state index in [0.717, 1.165) is 37.2 Å². The second-order valence-electron chi connectivity index (χ2n) is 7.31. The van der Waals surface area contributed by atoms with Gasteiger partial charge in [-0.3, -0.25) is 14.5 Å². The lowest BCUT2D eigenvalue weighted by atomic mass is 10.0. The lowest BCUT2D eigenvalue weighted by Crippen LogP contribution is -2.54. The smallest absolute Gasteiger partial charge is 0.240 e. The van der Waals surface area contributed by atoms with Gasteiger partial charge in [0, 0.05) is 37.8 Å². The van der Waals surface area contributed by atoms with Crippen LogP contribution in [0.4, 0.5) is 5.69 Å². The van der Waals surface area contributed by atoms with Crippen LogP contribution in [0.15, 0.2) is 54.6 Å². The lowest BCUT2D eigenvalue weighted by Gasteiger charge is -2.41. The molecule has 5 heteroatoms. The molecule has 1 fully saturated rings. The number of rotatable bonds is 6. The Morgan fingerprint density at radius 1 is 1.04 bits per heavy atom. The highest BCUT2D eigenvalue weighted by atomic mass is 16.2. The molecule has 1 atom stereocenters. The molecule has 2 aromatic rings. The molecule has 0 aromatic heterocycles. The number of benzene rings is 2. The van der Waals surface area contributed by atoms with E-state index in [1.807, 2.05) is 30.3 Å². The van der Waals surface area contributed by atoms with Crippen LogP contribution in [0.1, 0.15) is 24.0 Å². The lowest BCUT2D eigenvalue weighted by molar-refractivity contribution is -0.124. The number of para-hydroxylation sites is 1. The van der Waals surface area contributed by atoms with Gasteiger partial charge < -0.3 is 10.2 Å². The summed E-state index contributed by atoms with van der Waals surface area (Å²) in [7, 11) is 0. The van der Waals surface area contributed by atoms with Crippen LogP contribution in [-0.4, -0.2) is 42.4 Å². The standard InChI is InChI=1S/C22H25N3O2/c26-21(16-25-20-9-5-4-8-18(20)10-11-22(25)27)23-14-19-12-13-24(19)15-17-6-2-1-3-7-17/h1-9,19H,10-16H2,(H,23,26). The normalized spacial score (nSPS) is 19.3. The highest BCUT2D eigenvalue weighted by molar-refractivity contribution is 6.01. The number of amides is 2. The fourth-order valence-corrected chi connectivity index (χ4v) is 3.85. The Hall–Kier alpha value is -2.66. The molecule has 0 radical (unpaired) electrons. The Bertz CT molecular complexity index is 821. The predicted molar refractivity (Wildman–Crippen MR) is 105 cm³/mol. The zero-order valence-electron chi connectivity index (χ0n) is 15.4. The van der Waals surface area contributed by atoms with Crippen molar-refractivity contribution in [1.29, 1.82) is 0 Å². The second-order valence-corrected chi connectivity index (χ2v) is 7.31. The minimum atomic E-state index is -0.0911. The number of likely N-dealkylation sites (tertiary alicyclic amines) is 1. The molecule has 140 valence electrons. The van der Waals surface area contributed by atoms with Crippen LogP contribution >= 0.6 is 0 Å². The quantitative estimate of drug-likeness (QED) is 0.857. The Labute approximate surface area is 160 Å². The molecule has 2 heterocycles. The molecule has 2 amide bonds. The van der Waals surface area contributed by atoms with Gasteiger partial charge in [0.15, 0.2) is 0 Å². The van der Waals surface area contributed by atoms with Crippen LogP contribution in [0, 0.1) is 0 Å². The molecule has 27 heavy (non-hydrogen) atoms. The van der Waals surface area contributed by atoms with Crippen molar-refractivity contribution in [3.63, 3.8) is 0 Å². The van der Waals surface area contributed by atoms with E-state index in [1.54, 1.807) is 4.90 Å². The largest absolute Gasteiger partial charge is 0.353 e. The van der Waals surface area contributed by atoms with Gasteiger partial charge in [-0.1, -0.05) is 48.5 Å². The number of hydrogen-bond donors (Lipinski definition) is 1. The number of aryl methyl sites for hydroxylation is 1. The van der Waals surface area contributed by atoms with E-state index in [-0.39, 0.29) is 18.4 Å². The average Bonchev–Trinajstić information content (AvgIpc) is 2.68. The summed E-state index contributed by atoms with van der Waals surface area (Å²) in [5.74, 6) is -0.0650. The van der Waals surface area contributed by atoms with Gasteiger partial charge in [-0.15, -0.1) is 0 Å². The first kappa shape index (κ1) is 17.7. The molecule has 2 aliphatic rings. The topological polar surface area (TPSA) is 52.7 Å². The number of carbonyl (C=O) groups is 2. The molecule has 2 aromatic carbocycles. The third kappa shape index (κ3) is 4.03. The maximum atomic E-state index is 12.5. The maximum absolute atomic E-state index is 12.5. The molecule has 2 aliphatic heterocycles. The van der Waals surface area contributed by atoms with E-state index in [1.165, 1.54) is 5.56 Å². The van der Waals surface area contributed by atoms with Crippen molar-refractivity contribution in [2.75, 3.05) is 24.5 Å². The first-order valence-electron chi connectivity index (χ1n) is 9.63. The first-order valence-corrected chi connectivity index (χ1v) is 9.63. The number of carbonyl (C=O) groups excluding carboxylic acids is 2. The number of anilines is 1. The van der Waals surface area contributed by atoms with Gasteiger partial charge in [-0.25, -0.2) is 0 Å². The fourth-order valence-electron chi connectivity index (χ4n) is 3.85. The third-order valence-corrected chi connectivity index (χ3v) is 5.52. The molecule has 0 spiro atoms. The van der Waals surface area contributed by atoms with Crippen LogP contribution in [-0.2, 0) is 22.6 Å². The molecule has 0 bridgehead atoms. The second kappa shape index (κ2) is 7.92. The number of hydrogen-bond acceptors (Lipinski definition) is 3. The SMILES string of the molecule is O=C(CN1C(=O)CCc2ccccc21)NCC1CCN1Cc1ccccc1. The Morgan fingerprint density at radius 2 is 1.81 bits per heavy atom. The molecular formula is C22H25N3O2. The summed E-state index contributed by atoms with van der Waals surface area (Å²) in [6.45, 7) is 2.71. The maximum Gasteiger partial charge on any atom is 0.240 e. The van der Waals surface area contributed by atoms with E-state index < -0.39 is 0 Å². The van der Waals surface area contributed by atoms with Gasteiger partial charge >= 0.3 is 0 Å². The minimum absolute atomic E-state index is 0.0261. The van der Waals surface area contributed by atoms with Gasteiger partial charge in [0.05, 0.1) is 0 Å². The van der Waals surface area contributed by atoms with Crippen molar-refractivity contribution in [3.8, 4) is 0 Å². The van der Waals surface area contributed by atoms with Gasteiger partial charge in [-0.2, -0.15) is 0 Å². The number of nitrogens with zero attached hydrogens (tertiary/aromatic N) is 2. The van der Waals surface area contributed by atoms with Gasteiger partial charge in [0.1, 0.15) is 6.54 Å². The molecule has 1 unspecified atom stereocenters. The third-order valence-electron chi connectivity index (χ3n) is 5.52. The van der Waals surface area contributed by atoms with Gasteiger partial charge in [0.2, 0.25) is 11.8 Å². The van der Waals surface area contributed by atoms with E-state index in [9.17, 15) is 9.59 Å². The fraction of sp³-hybridized carbons (Fsp3) is 0.364. The predicted octanol–water partition coefficient (Wildman–Crippen LogP) is 2.36. The molecule has 0 aliphatic carbocycles. The van der Waals surface area contributed by atoms with Crippen LogP contribution in [0.25, 0.3) is 0 Å². The van der Waals surface area contributed by atoms with Crippen molar-refractivity contribution in [3.05, 3.63) is 65.7 Å². The summed E-state index contributed by atoms with van der Waals surface area (Å²) in [6.07, 6.45) is 2.32. The van der Waals surface area contributed by atoms with Crippen LogP contribution < -0.4 is 10.2 Å². The highest BCUT2D eigenvalue weighted by Gasteiger charge is 2.29. The molecule has 0 saturated carbocycles. The number of fused-ring (bicyclic) bond motifs is 1. The van der Waals surface area contributed by atoms with E-state index >= 15 is 0 Å². The van der Waals surface area contributed by atoms with Crippen LogP contribution in [0.5, 0.6) is 0 Å². The molecule has 1 N–H and O–H groups in total. The Morgan fingerprint density at radius 3 is 2.59 bits per heavy atom. The highest BCUT2D eigenvalue weighted by Crippen LogP contribution is 2.27. The van der Waals surface area contributed by atoms with Gasteiger partial charge in [-0.05, 0) is 30.0 Å². The summed E-state index contributed by atoms with van der Waals surface area (Å²) >= 11 is 0. The number of nitrogens with one attached hydrogen (secondary N) is 1.